The first kappa shape index (κ1) is 11.7. The van der Waals surface area contributed by atoms with Gasteiger partial charge in [-0.3, -0.25) is 4.79 Å². The summed E-state index contributed by atoms with van der Waals surface area (Å²) in [6.07, 6.45) is 2.34. The van der Waals surface area contributed by atoms with Crippen LogP contribution in [0, 0.1) is 5.41 Å². The number of Topliss-reactive ketones (excluding diaryl/α,β-unsaturated/α-hetero) is 1. The van der Waals surface area contributed by atoms with Crippen molar-refractivity contribution in [1.82, 2.24) is 0 Å². The van der Waals surface area contributed by atoms with Gasteiger partial charge in [0.1, 0.15) is 5.78 Å². The Morgan fingerprint density at radius 3 is 2.43 bits per heavy atom. The summed E-state index contributed by atoms with van der Waals surface area (Å²) in [6, 6.07) is 0. The first-order valence-corrected chi connectivity index (χ1v) is 5.40. The lowest BCUT2D eigenvalue weighted by Crippen LogP contribution is -2.42. The molecule has 0 aliphatic heterocycles. The van der Waals surface area contributed by atoms with E-state index in [9.17, 15) is 4.79 Å². The van der Waals surface area contributed by atoms with Gasteiger partial charge < -0.3 is 4.74 Å². The second-order valence-electron chi connectivity index (χ2n) is 5.95. The summed E-state index contributed by atoms with van der Waals surface area (Å²) in [5, 5.41) is 0. The number of hydrogen-bond acceptors (Lipinski definition) is 2. The fourth-order valence-corrected chi connectivity index (χ4v) is 1.84. The van der Waals surface area contributed by atoms with Crippen LogP contribution in [0.3, 0.4) is 0 Å². The number of ketones is 1. The van der Waals surface area contributed by atoms with Crippen LogP contribution in [0.5, 0.6) is 0 Å². The van der Waals surface area contributed by atoms with E-state index >= 15 is 0 Å². The Morgan fingerprint density at radius 2 is 1.93 bits per heavy atom. The van der Waals surface area contributed by atoms with Gasteiger partial charge in [0.25, 0.3) is 0 Å². The zero-order chi connectivity index (χ0) is 11.0. The summed E-state index contributed by atoms with van der Waals surface area (Å²) in [7, 11) is 0. The first-order chi connectivity index (χ1) is 6.21. The van der Waals surface area contributed by atoms with Gasteiger partial charge in [-0.05, 0) is 32.6 Å². The first-order valence-electron chi connectivity index (χ1n) is 5.40. The molecule has 0 N–H and O–H groups in total. The van der Waals surface area contributed by atoms with E-state index in [1.54, 1.807) is 0 Å². The topological polar surface area (TPSA) is 26.3 Å². The van der Waals surface area contributed by atoms with Crippen molar-refractivity contribution in [2.45, 2.75) is 65.6 Å². The lowest BCUT2D eigenvalue weighted by atomic mass is 9.74. The number of carbonyl (C=O) groups is 1. The summed E-state index contributed by atoms with van der Waals surface area (Å²) in [5.41, 5.74) is -0.0131. The van der Waals surface area contributed by atoms with E-state index in [4.69, 9.17) is 4.74 Å². The summed E-state index contributed by atoms with van der Waals surface area (Å²) in [6.45, 7) is 10.5. The number of ether oxygens (including phenoxy) is 1. The second-order valence-corrected chi connectivity index (χ2v) is 5.95. The number of rotatable bonds is 1. The zero-order valence-electron chi connectivity index (χ0n) is 10.0. The van der Waals surface area contributed by atoms with Gasteiger partial charge in [-0.25, -0.2) is 0 Å². The molecule has 2 nitrogen and oxygen atoms in total. The van der Waals surface area contributed by atoms with Crippen molar-refractivity contribution in [3.8, 4) is 0 Å². The highest BCUT2D eigenvalue weighted by atomic mass is 16.5. The molecule has 2 heteroatoms. The molecular weight excluding hydrogens is 176 g/mol. The fraction of sp³-hybridized carbons (Fsp3) is 0.917. The van der Waals surface area contributed by atoms with Gasteiger partial charge in [-0.2, -0.15) is 0 Å². The number of hydrogen-bond donors (Lipinski definition) is 0. The third kappa shape index (κ3) is 3.09. The van der Waals surface area contributed by atoms with Crippen molar-refractivity contribution in [2.24, 2.45) is 5.41 Å². The maximum atomic E-state index is 11.4. The maximum Gasteiger partial charge on any atom is 0.135 e. The average molecular weight is 198 g/mol. The molecule has 0 aromatic heterocycles. The predicted octanol–water partition coefficient (Wildman–Crippen LogP) is 2.95. The molecule has 1 fully saturated rings. The molecule has 0 amide bonds. The zero-order valence-corrected chi connectivity index (χ0v) is 10.0. The minimum absolute atomic E-state index is 0.0868. The van der Waals surface area contributed by atoms with Gasteiger partial charge in [0.2, 0.25) is 0 Å². The van der Waals surface area contributed by atoms with Crippen LogP contribution < -0.4 is 0 Å². The summed E-state index contributed by atoms with van der Waals surface area (Å²) in [5.74, 6) is 0.346. The Balaban J connectivity index is 2.68. The van der Waals surface area contributed by atoms with Crippen LogP contribution in [0.25, 0.3) is 0 Å². The van der Waals surface area contributed by atoms with E-state index in [-0.39, 0.29) is 17.1 Å². The lowest BCUT2D eigenvalue weighted by Gasteiger charge is -2.41. The predicted molar refractivity (Wildman–Crippen MR) is 57.3 cm³/mol. The largest absolute Gasteiger partial charge is 0.372 e. The van der Waals surface area contributed by atoms with Crippen LogP contribution in [0.15, 0.2) is 0 Å². The summed E-state index contributed by atoms with van der Waals surface area (Å²) >= 11 is 0. The molecular formula is C12H22O2. The standard InChI is InChI=1S/C12H22O2/c1-11(2,3)14-10-8-9(13)6-7-12(10,4)5/h10H,6-8H2,1-5H3. The van der Waals surface area contributed by atoms with Crippen LogP contribution in [0.4, 0.5) is 0 Å². The molecule has 0 bridgehead atoms. The highest BCUT2D eigenvalue weighted by Crippen LogP contribution is 2.37. The van der Waals surface area contributed by atoms with Crippen LogP contribution >= 0.6 is 0 Å². The van der Waals surface area contributed by atoms with Gasteiger partial charge in [0, 0.05) is 12.8 Å². The third-order valence-corrected chi connectivity index (χ3v) is 2.83. The molecule has 0 aromatic rings. The quantitative estimate of drug-likeness (QED) is 0.647. The Kier molecular flexibility index (Phi) is 3.05. The molecule has 0 radical (unpaired) electrons. The minimum atomic E-state index is -0.153. The molecule has 1 atom stereocenters. The van der Waals surface area contributed by atoms with Crippen molar-refractivity contribution in [1.29, 1.82) is 0 Å². The van der Waals surface area contributed by atoms with Crippen LogP contribution in [-0.2, 0) is 9.53 Å². The van der Waals surface area contributed by atoms with E-state index in [0.29, 0.717) is 12.2 Å². The van der Waals surface area contributed by atoms with Crippen molar-refractivity contribution >= 4 is 5.78 Å². The van der Waals surface area contributed by atoms with Gasteiger partial charge in [-0.15, -0.1) is 0 Å². The van der Waals surface area contributed by atoms with Crippen molar-refractivity contribution < 1.29 is 9.53 Å². The normalized spacial score (nSPS) is 27.8. The summed E-state index contributed by atoms with van der Waals surface area (Å²) < 4.78 is 5.94. The molecule has 82 valence electrons. The minimum Gasteiger partial charge on any atom is -0.372 e. The monoisotopic (exact) mass is 198 g/mol. The molecule has 0 aromatic carbocycles. The maximum absolute atomic E-state index is 11.4. The van der Waals surface area contributed by atoms with E-state index in [1.807, 2.05) is 20.8 Å². The molecule has 0 spiro atoms. The summed E-state index contributed by atoms with van der Waals surface area (Å²) in [4.78, 5) is 11.4. The van der Waals surface area contributed by atoms with E-state index in [2.05, 4.69) is 13.8 Å². The van der Waals surface area contributed by atoms with Crippen LogP contribution in [0.2, 0.25) is 0 Å². The smallest absolute Gasteiger partial charge is 0.135 e. The van der Waals surface area contributed by atoms with Gasteiger partial charge in [-0.1, -0.05) is 13.8 Å². The number of carbonyl (C=O) groups excluding carboxylic acids is 1. The van der Waals surface area contributed by atoms with Gasteiger partial charge >= 0.3 is 0 Å². The Bertz CT molecular complexity index is 223. The molecule has 1 aliphatic rings. The van der Waals surface area contributed by atoms with Crippen LogP contribution in [0.1, 0.15) is 53.9 Å². The Labute approximate surface area is 87.0 Å². The van der Waals surface area contributed by atoms with Crippen molar-refractivity contribution in [2.75, 3.05) is 0 Å². The molecule has 1 rings (SSSR count). The Hall–Kier alpha value is -0.370. The van der Waals surface area contributed by atoms with E-state index < -0.39 is 0 Å². The fourth-order valence-electron chi connectivity index (χ4n) is 1.84. The molecule has 0 saturated heterocycles. The van der Waals surface area contributed by atoms with Crippen molar-refractivity contribution in [3.05, 3.63) is 0 Å². The molecule has 1 aliphatic carbocycles. The van der Waals surface area contributed by atoms with E-state index in [1.165, 1.54) is 0 Å². The highest BCUT2D eigenvalue weighted by Gasteiger charge is 2.38. The molecule has 14 heavy (non-hydrogen) atoms. The molecule has 1 saturated carbocycles. The third-order valence-electron chi connectivity index (χ3n) is 2.83. The lowest BCUT2D eigenvalue weighted by molar-refractivity contribution is -0.147. The second kappa shape index (κ2) is 3.65. The SMILES string of the molecule is CC(C)(C)OC1CC(=O)CCC1(C)C. The van der Waals surface area contributed by atoms with Gasteiger partial charge in [0.15, 0.2) is 0 Å². The van der Waals surface area contributed by atoms with Crippen molar-refractivity contribution in [3.63, 3.8) is 0 Å². The van der Waals surface area contributed by atoms with E-state index in [0.717, 1.165) is 12.8 Å². The molecule has 1 unspecified atom stereocenters. The average Bonchev–Trinajstić information content (AvgIpc) is 1.95. The Morgan fingerprint density at radius 1 is 1.36 bits per heavy atom. The molecule has 0 heterocycles. The van der Waals surface area contributed by atoms with Crippen LogP contribution in [-0.4, -0.2) is 17.5 Å². The van der Waals surface area contributed by atoms with Gasteiger partial charge in [0.05, 0.1) is 11.7 Å². The highest BCUT2D eigenvalue weighted by molar-refractivity contribution is 5.79.